The van der Waals surface area contributed by atoms with Gasteiger partial charge in [0.25, 0.3) is 0 Å². The number of fused-ring (bicyclic) bond motifs is 2. The Balaban J connectivity index is 2.35. The number of aliphatic hydroxyl groups is 4. The lowest BCUT2D eigenvalue weighted by Crippen LogP contribution is -2.66. The summed E-state index contributed by atoms with van der Waals surface area (Å²) in [5.74, 6) is -0.439. The van der Waals surface area contributed by atoms with Gasteiger partial charge in [-0.05, 0) is 13.0 Å². The van der Waals surface area contributed by atoms with Crippen LogP contribution < -0.4 is 11.1 Å². The zero-order valence-electron chi connectivity index (χ0n) is 8.37. The Morgan fingerprint density at radius 1 is 1.33 bits per heavy atom. The van der Waals surface area contributed by atoms with Gasteiger partial charge in [-0.2, -0.15) is 0 Å². The second kappa shape index (κ2) is 3.65. The van der Waals surface area contributed by atoms with E-state index in [1.54, 1.807) is 0 Å². The first-order chi connectivity index (χ1) is 7.06. The Morgan fingerprint density at radius 2 is 2.00 bits per heavy atom. The van der Waals surface area contributed by atoms with Crippen molar-refractivity contribution in [3.8, 4) is 0 Å². The van der Waals surface area contributed by atoms with Crippen molar-refractivity contribution in [3.05, 3.63) is 0 Å². The minimum atomic E-state index is -1.09. The van der Waals surface area contributed by atoms with E-state index in [1.807, 2.05) is 0 Å². The van der Waals surface area contributed by atoms with Crippen molar-refractivity contribution in [3.63, 3.8) is 0 Å². The van der Waals surface area contributed by atoms with Crippen molar-refractivity contribution >= 4 is 0 Å². The minimum Gasteiger partial charge on any atom is -0.394 e. The highest BCUT2D eigenvalue weighted by molar-refractivity contribution is 5.17. The molecule has 0 unspecified atom stereocenters. The van der Waals surface area contributed by atoms with Gasteiger partial charge in [0, 0.05) is 12.0 Å². The number of nitrogens with one attached hydrogen (secondary N) is 1. The number of rotatable bonds is 2. The summed E-state index contributed by atoms with van der Waals surface area (Å²) in [4.78, 5) is 0. The highest BCUT2D eigenvalue weighted by atomic mass is 16.3. The zero-order valence-corrected chi connectivity index (χ0v) is 8.37. The zero-order chi connectivity index (χ0) is 11.2. The molecule has 0 radical (unpaired) electrons. The van der Waals surface area contributed by atoms with Crippen LogP contribution in [-0.2, 0) is 0 Å². The summed E-state index contributed by atoms with van der Waals surface area (Å²) in [5, 5.41) is 41.8. The van der Waals surface area contributed by atoms with Crippen molar-refractivity contribution in [1.29, 1.82) is 0 Å². The number of piperidine rings is 1. The quantitative estimate of drug-likeness (QED) is 0.290. The van der Waals surface area contributed by atoms with Crippen molar-refractivity contribution in [2.45, 2.75) is 36.3 Å². The molecule has 2 saturated heterocycles. The Hall–Kier alpha value is -0.240. The van der Waals surface area contributed by atoms with Crippen LogP contribution in [0.4, 0.5) is 0 Å². The van der Waals surface area contributed by atoms with E-state index in [-0.39, 0.29) is 19.2 Å². The molecule has 2 aliphatic rings. The molecule has 0 aromatic carbocycles. The molecule has 2 rings (SSSR count). The Morgan fingerprint density at radius 3 is 2.53 bits per heavy atom. The van der Waals surface area contributed by atoms with E-state index in [0.717, 1.165) is 0 Å². The fourth-order valence-electron chi connectivity index (χ4n) is 2.96. The maximum atomic E-state index is 9.90. The molecule has 6 heteroatoms. The van der Waals surface area contributed by atoms with Gasteiger partial charge in [0.05, 0.1) is 24.4 Å². The van der Waals surface area contributed by atoms with E-state index in [1.165, 1.54) is 0 Å². The molecule has 2 aliphatic heterocycles. The fourth-order valence-corrected chi connectivity index (χ4v) is 2.96. The number of aliphatic hydroxyl groups excluding tert-OH is 4. The SMILES string of the molecule is NC[C@@H]1[C@H](O)C[C@@H]2N[C@@]1(CO)[C@H](O)[C@H]2O. The van der Waals surface area contributed by atoms with Crippen molar-refractivity contribution in [2.24, 2.45) is 11.7 Å². The topological polar surface area (TPSA) is 119 Å². The molecule has 0 spiro atoms. The maximum Gasteiger partial charge on any atom is 0.102 e. The molecule has 0 amide bonds. The van der Waals surface area contributed by atoms with Crippen LogP contribution in [0.15, 0.2) is 0 Å². The molecule has 2 heterocycles. The lowest BCUT2D eigenvalue weighted by Gasteiger charge is -2.44. The van der Waals surface area contributed by atoms with Crippen LogP contribution >= 0.6 is 0 Å². The van der Waals surface area contributed by atoms with Crippen LogP contribution in [0, 0.1) is 5.92 Å². The highest BCUT2D eigenvalue weighted by Gasteiger charge is 2.60. The van der Waals surface area contributed by atoms with Crippen LogP contribution in [0.3, 0.4) is 0 Å². The molecule has 2 bridgehead atoms. The first kappa shape index (κ1) is 11.3. The molecule has 7 N–H and O–H groups in total. The third-order valence-corrected chi connectivity index (χ3v) is 3.85. The van der Waals surface area contributed by atoms with E-state index in [4.69, 9.17) is 5.73 Å². The molecule has 6 nitrogen and oxygen atoms in total. The van der Waals surface area contributed by atoms with Gasteiger partial charge in [-0.25, -0.2) is 0 Å². The smallest absolute Gasteiger partial charge is 0.102 e. The van der Waals surface area contributed by atoms with Crippen LogP contribution in [0.2, 0.25) is 0 Å². The van der Waals surface area contributed by atoms with Crippen LogP contribution in [-0.4, -0.2) is 63.5 Å². The largest absolute Gasteiger partial charge is 0.394 e. The second-order valence-corrected chi connectivity index (χ2v) is 4.53. The summed E-state index contributed by atoms with van der Waals surface area (Å²) in [5.41, 5.74) is 4.48. The standard InChI is InChI=1S/C9H18N2O4/c10-2-4-6(13)1-5-7(14)8(15)9(4,3-12)11-5/h4-8,11-15H,1-3,10H2/t4-,5+,6-,7+,8-,9-/m1/s1. The van der Waals surface area contributed by atoms with E-state index in [0.29, 0.717) is 6.42 Å². The Bertz CT molecular complexity index is 252. The van der Waals surface area contributed by atoms with Crippen LogP contribution in [0.1, 0.15) is 6.42 Å². The Labute approximate surface area is 87.7 Å². The van der Waals surface area contributed by atoms with Gasteiger partial charge in [0.15, 0.2) is 0 Å². The molecule has 0 aromatic heterocycles. The molecule has 88 valence electrons. The molecule has 0 aromatic rings. The molecule has 15 heavy (non-hydrogen) atoms. The number of nitrogens with two attached hydrogens (primary N) is 1. The summed E-state index contributed by atoms with van der Waals surface area (Å²) in [6.45, 7) is -0.189. The van der Waals surface area contributed by atoms with Crippen molar-refractivity contribution in [2.75, 3.05) is 13.2 Å². The maximum absolute atomic E-state index is 9.90. The first-order valence-corrected chi connectivity index (χ1v) is 5.19. The molecule has 2 fully saturated rings. The van der Waals surface area contributed by atoms with Gasteiger partial charge in [0.1, 0.15) is 6.10 Å². The van der Waals surface area contributed by atoms with Gasteiger partial charge in [0.2, 0.25) is 0 Å². The lowest BCUT2D eigenvalue weighted by molar-refractivity contribution is -0.0577. The summed E-state index contributed by atoms with van der Waals surface area (Å²) in [7, 11) is 0. The molecule has 0 aliphatic carbocycles. The van der Waals surface area contributed by atoms with Gasteiger partial charge in [-0.15, -0.1) is 0 Å². The van der Waals surface area contributed by atoms with E-state index >= 15 is 0 Å². The Kier molecular flexibility index (Phi) is 2.74. The highest BCUT2D eigenvalue weighted by Crippen LogP contribution is 2.39. The molecule has 0 saturated carbocycles. The van der Waals surface area contributed by atoms with Crippen molar-refractivity contribution in [1.82, 2.24) is 5.32 Å². The third-order valence-electron chi connectivity index (χ3n) is 3.85. The van der Waals surface area contributed by atoms with Gasteiger partial charge in [-0.3, -0.25) is 0 Å². The lowest BCUT2D eigenvalue weighted by atomic mass is 9.76. The minimum absolute atomic E-state index is 0.158. The van der Waals surface area contributed by atoms with Gasteiger partial charge >= 0.3 is 0 Å². The van der Waals surface area contributed by atoms with Crippen LogP contribution in [0.25, 0.3) is 0 Å². The van der Waals surface area contributed by atoms with Crippen LogP contribution in [0.5, 0.6) is 0 Å². The van der Waals surface area contributed by atoms with E-state index in [2.05, 4.69) is 5.32 Å². The number of hydrogen-bond donors (Lipinski definition) is 6. The molecule has 6 atom stereocenters. The normalized spacial score (nSPS) is 54.6. The van der Waals surface area contributed by atoms with Gasteiger partial charge in [-0.1, -0.05) is 0 Å². The van der Waals surface area contributed by atoms with Crippen molar-refractivity contribution < 1.29 is 20.4 Å². The summed E-state index contributed by atoms with van der Waals surface area (Å²) in [6, 6.07) is -0.370. The summed E-state index contributed by atoms with van der Waals surface area (Å²) in [6.07, 6.45) is -2.39. The summed E-state index contributed by atoms with van der Waals surface area (Å²) >= 11 is 0. The molecular formula is C9H18N2O4. The average molecular weight is 218 g/mol. The third kappa shape index (κ3) is 1.33. The predicted octanol–water partition coefficient (Wildman–Crippen LogP) is -3.25. The fraction of sp³-hybridized carbons (Fsp3) is 1.00. The monoisotopic (exact) mass is 218 g/mol. The molecular weight excluding hydrogens is 200 g/mol. The van der Waals surface area contributed by atoms with E-state index in [9.17, 15) is 20.4 Å². The second-order valence-electron chi connectivity index (χ2n) is 4.53. The predicted molar refractivity (Wildman–Crippen MR) is 51.9 cm³/mol. The number of hydrogen-bond acceptors (Lipinski definition) is 6. The van der Waals surface area contributed by atoms with Gasteiger partial charge < -0.3 is 31.5 Å². The average Bonchev–Trinajstić information content (AvgIpc) is 2.43. The first-order valence-electron chi connectivity index (χ1n) is 5.19. The van der Waals surface area contributed by atoms with E-state index < -0.39 is 29.8 Å². The summed E-state index contributed by atoms with van der Waals surface area (Å²) < 4.78 is 0.